The van der Waals surface area contributed by atoms with E-state index in [0.29, 0.717) is 22.8 Å². The van der Waals surface area contributed by atoms with Gasteiger partial charge in [-0.15, -0.1) is 0 Å². The van der Waals surface area contributed by atoms with Crippen molar-refractivity contribution in [3.63, 3.8) is 0 Å². The van der Waals surface area contributed by atoms with E-state index in [-0.39, 0.29) is 0 Å². The van der Waals surface area contributed by atoms with Crippen LogP contribution in [-0.4, -0.2) is 16.3 Å². The average Bonchev–Trinajstić information content (AvgIpc) is 3.09. The number of fused-ring (bicyclic) bond motifs is 1. The minimum Gasteiger partial charge on any atom is -0.342 e. The van der Waals surface area contributed by atoms with Gasteiger partial charge in [0, 0.05) is 34.4 Å². The standard InChI is InChI=1S/C24H19ClN2O2/c1-16-6-12-19(13-7-16)26-24(29)23(28)21-15-27(22-5-3-2-4-20(21)22)14-17-8-10-18(25)11-9-17/h2-13,15H,14H2,1H3,(H,26,29). The van der Waals surface area contributed by atoms with Gasteiger partial charge >= 0.3 is 0 Å². The van der Waals surface area contributed by atoms with Gasteiger partial charge < -0.3 is 9.88 Å². The Labute approximate surface area is 173 Å². The number of aryl methyl sites for hydroxylation is 1. The highest BCUT2D eigenvalue weighted by atomic mass is 35.5. The molecule has 4 nitrogen and oxygen atoms in total. The predicted octanol–water partition coefficient (Wildman–Crippen LogP) is 5.47. The molecule has 3 aromatic carbocycles. The SMILES string of the molecule is Cc1ccc(NC(=O)C(=O)c2cn(Cc3ccc(Cl)cc3)c3ccccc23)cc1. The van der Waals surface area contributed by atoms with E-state index in [2.05, 4.69) is 5.32 Å². The van der Waals surface area contributed by atoms with Crippen molar-refractivity contribution in [1.29, 1.82) is 0 Å². The lowest BCUT2D eigenvalue weighted by atomic mass is 10.1. The van der Waals surface area contributed by atoms with E-state index in [1.165, 1.54) is 0 Å². The highest BCUT2D eigenvalue weighted by molar-refractivity contribution is 6.48. The van der Waals surface area contributed by atoms with E-state index >= 15 is 0 Å². The molecule has 0 unspecified atom stereocenters. The number of Topliss-reactive ketones (excluding diaryl/α,β-unsaturated/α-hetero) is 1. The molecule has 4 aromatic rings. The van der Waals surface area contributed by atoms with Crippen LogP contribution in [0, 0.1) is 6.92 Å². The summed E-state index contributed by atoms with van der Waals surface area (Å²) in [4.78, 5) is 25.5. The Morgan fingerprint density at radius 1 is 0.931 bits per heavy atom. The zero-order valence-electron chi connectivity index (χ0n) is 15.9. The molecule has 1 N–H and O–H groups in total. The molecule has 29 heavy (non-hydrogen) atoms. The molecule has 0 aliphatic rings. The number of hydrogen-bond donors (Lipinski definition) is 1. The molecule has 1 aromatic heterocycles. The zero-order valence-corrected chi connectivity index (χ0v) is 16.6. The molecule has 144 valence electrons. The largest absolute Gasteiger partial charge is 0.342 e. The average molecular weight is 403 g/mol. The van der Waals surface area contributed by atoms with Crippen molar-refractivity contribution < 1.29 is 9.59 Å². The molecule has 0 bridgehead atoms. The van der Waals surface area contributed by atoms with E-state index < -0.39 is 11.7 Å². The van der Waals surface area contributed by atoms with Gasteiger partial charge in [0.05, 0.1) is 5.56 Å². The van der Waals surface area contributed by atoms with Gasteiger partial charge in [-0.25, -0.2) is 0 Å². The summed E-state index contributed by atoms with van der Waals surface area (Å²) in [6.07, 6.45) is 1.75. The van der Waals surface area contributed by atoms with Gasteiger partial charge in [-0.3, -0.25) is 9.59 Å². The van der Waals surface area contributed by atoms with E-state index in [4.69, 9.17) is 11.6 Å². The Hall–Kier alpha value is -3.37. The Bertz CT molecular complexity index is 1190. The number of aromatic nitrogens is 1. The van der Waals surface area contributed by atoms with E-state index in [9.17, 15) is 9.59 Å². The maximum atomic E-state index is 12.9. The molecular weight excluding hydrogens is 384 g/mol. The van der Waals surface area contributed by atoms with Gasteiger partial charge in [0.1, 0.15) is 0 Å². The second kappa shape index (κ2) is 7.94. The molecule has 0 spiro atoms. The highest BCUT2D eigenvalue weighted by Crippen LogP contribution is 2.24. The van der Waals surface area contributed by atoms with Gasteiger partial charge in [0.25, 0.3) is 11.7 Å². The summed E-state index contributed by atoms with van der Waals surface area (Å²) in [5, 5.41) is 4.12. The number of ketones is 1. The number of anilines is 1. The third-order valence-corrected chi connectivity index (χ3v) is 5.07. The molecule has 0 saturated carbocycles. The lowest BCUT2D eigenvalue weighted by molar-refractivity contribution is -0.112. The van der Waals surface area contributed by atoms with Gasteiger partial charge in [-0.2, -0.15) is 0 Å². The van der Waals surface area contributed by atoms with E-state index in [1.54, 1.807) is 18.3 Å². The summed E-state index contributed by atoms with van der Waals surface area (Å²) in [6.45, 7) is 2.54. The quantitative estimate of drug-likeness (QED) is 0.355. The smallest absolute Gasteiger partial charge is 0.296 e. The van der Waals surface area contributed by atoms with Crippen LogP contribution in [0.3, 0.4) is 0 Å². The number of rotatable bonds is 5. The van der Waals surface area contributed by atoms with Crippen molar-refractivity contribution in [2.24, 2.45) is 0 Å². The predicted molar refractivity (Wildman–Crippen MR) is 117 cm³/mol. The van der Waals surface area contributed by atoms with Gasteiger partial charge in [0.15, 0.2) is 0 Å². The van der Waals surface area contributed by atoms with Crippen molar-refractivity contribution in [1.82, 2.24) is 4.57 Å². The Kier molecular flexibility index (Phi) is 5.19. The van der Waals surface area contributed by atoms with Gasteiger partial charge in [-0.05, 0) is 42.8 Å². The van der Waals surface area contributed by atoms with Crippen molar-refractivity contribution in [2.75, 3.05) is 5.32 Å². The molecule has 5 heteroatoms. The second-order valence-corrected chi connectivity index (χ2v) is 7.40. The summed E-state index contributed by atoms with van der Waals surface area (Å²) in [5.74, 6) is -1.21. The first-order valence-corrected chi connectivity index (χ1v) is 9.64. The maximum absolute atomic E-state index is 12.9. The monoisotopic (exact) mass is 402 g/mol. The minimum atomic E-state index is -0.650. The van der Waals surface area contributed by atoms with Gasteiger partial charge in [0.2, 0.25) is 0 Å². The maximum Gasteiger partial charge on any atom is 0.296 e. The molecule has 0 aliphatic carbocycles. The van der Waals surface area contributed by atoms with Crippen molar-refractivity contribution in [3.05, 3.63) is 101 Å². The summed E-state index contributed by atoms with van der Waals surface area (Å²) >= 11 is 5.97. The van der Waals surface area contributed by atoms with Crippen molar-refractivity contribution in [3.8, 4) is 0 Å². The lowest BCUT2D eigenvalue weighted by Crippen LogP contribution is -2.22. The summed E-state index contributed by atoms with van der Waals surface area (Å²) < 4.78 is 1.98. The summed E-state index contributed by atoms with van der Waals surface area (Å²) in [5.41, 5.74) is 4.02. The number of amides is 1. The number of halogens is 1. The Morgan fingerprint density at radius 3 is 2.34 bits per heavy atom. The fourth-order valence-electron chi connectivity index (χ4n) is 3.29. The van der Waals surface area contributed by atoms with Crippen LogP contribution < -0.4 is 5.32 Å². The fourth-order valence-corrected chi connectivity index (χ4v) is 3.42. The van der Waals surface area contributed by atoms with Crippen LogP contribution in [0.2, 0.25) is 5.02 Å². The molecule has 0 fully saturated rings. The van der Waals surface area contributed by atoms with Crippen LogP contribution in [0.1, 0.15) is 21.5 Å². The van der Waals surface area contributed by atoms with E-state index in [0.717, 1.165) is 22.0 Å². The van der Waals surface area contributed by atoms with Gasteiger partial charge in [-0.1, -0.05) is 59.6 Å². The molecular formula is C24H19ClN2O2. The highest BCUT2D eigenvalue weighted by Gasteiger charge is 2.21. The first-order valence-electron chi connectivity index (χ1n) is 9.26. The number of carbonyl (C=O) groups is 2. The second-order valence-electron chi connectivity index (χ2n) is 6.96. The number of hydrogen-bond acceptors (Lipinski definition) is 2. The molecule has 0 aliphatic heterocycles. The van der Waals surface area contributed by atoms with Crippen LogP contribution in [-0.2, 0) is 11.3 Å². The fraction of sp³-hybridized carbons (Fsp3) is 0.0833. The minimum absolute atomic E-state index is 0.388. The van der Waals surface area contributed by atoms with Crippen LogP contribution in [0.4, 0.5) is 5.69 Å². The summed E-state index contributed by atoms with van der Waals surface area (Å²) in [7, 11) is 0. The Morgan fingerprint density at radius 2 is 1.62 bits per heavy atom. The van der Waals surface area contributed by atoms with Crippen molar-refractivity contribution >= 4 is 39.9 Å². The van der Waals surface area contributed by atoms with Crippen molar-refractivity contribution in [2.45, 2.75) is 13.5 Å². The normalized spacial score (nSPS) is 10.8. The number of nitrogens with zero attached hydrogens (tertiary/aromatic N) is 1. The first kappa shape index (κ1) is 19.0. The van der Waals surface area contributed by atoms with Crippen LogP contribution >= 0.6 is 11.6 Å². The first-order chi connectivity index (χ1) is 14.0. The molecule has 1 heterocycles. The third-order valence-electron chi connectivity index (χ3n) is 4.82. The number of benzene rings is 3. The summed E-state index contributed by atoms with van der Waals surface area (Å²) in [6, 6.07) is 22.5. The molecule has 0 saturated heterocycles. The van der Waals surface area contributed by atoms with Crippen LogP contribution in [0.25, 0.3) is 10.9 Å². The third kappa shape index (κ3) is 4.08. The Balaban J connectivity index is 1.64. The lowest BCUT2D eigenvalue weighted by Gasteiger charge is -2.05. The molecule has 4 rings (SSSR count). The topological polar surface area (TPSA) is 51.1 Å². The van der Waals surface area contributed by atoms with Crippen LogP contribution in [0.5, 0.6) is 0 Å². The molecule has 0 atom stereocenters. The zero-order chi connectivity index (χ0) is 20.4. The number of carbonyl (C=O) groups excluding carboxylic acids is 2. The molecule has 0 radical (unpaired) electrons. The van der Waals surface area contributed by atoms with Crippen LogP contribution in [0.15, 0.2) is 79.0 Å². The van der Waals surface area contributed by atoms with E-state index in [1.807, 2.05) is 72.2 Å². The number of para-hydroxylation sites is 1. The molecule has 1 amide bonds. The number of nitrogens with one attached hydrogen (secondary N) is 1.